The Kier molecular flexibility index (Phi) is 7.47. The number of halogens is 2. The van der Waals surface area contributed by atoms with Gasteiger partial charge in [0.15, 0.2) is 0 Å². The molecule has 2 aromatic heterocycles. The van der Waals surface area contributed by atoms with Gasteiger partial charge in [0.2, 0.25) is 5.91 Å². The Morgan fingerprint density at radius 2 is 2.26 bits per heavy atom. The van der Waals surface area contributed by atoms with Crippen molar-refractivity contribution in [2.75, 3.05) is 20.1 Å². The van der Waals surface area contributed by atoms with Crippen LogP contribution in [0, 0.1) is 5.92 Å². The first-order valence-corrected chi connectivity index (χ1v) is 7.85. The lowest BCUT2D eigenvalue weighted by atomic mass is 9.90. The minimum atomic E-state index is -0.0286. The fourth-order valence-corrected chi connectivity index (χ4v) is 3.48. The van der Waals surface area contributed by atoms with E-state index in [0.717, 1.165) is 23.7 Å². The lowest BCUT2D eigenvalue weighted by Gasteiger charge is -2.23. The first kappa shape index (κ1) is 19.9. The van der Waals surface area contributed by atoms with E-state index in [2.05, 4.69) is 15.4 Å². The number of nitrogens with one attached hydrogen (secondary N) is 1. The summed E-state index contributed by atoms with van der Waals surface area (Å²) in [6.45, 7) is 2.13. The first-order valence-electron chi connectivity index (χ1n) is 6.97. The smallest absolute Gasteiger partial charge is 0.227 e. The van der Waals surface area contributed by atoms with E-state index in [4.69, 9.17) is 0 Å². The summed E-state index contributed by atoms with van der Waals surface area (Å²) in [7, 11) is 3.75. The van der Waals surface area contributed by atoms with Crippen molar-refractivity contribution in [3.05, 3.63) is 34.5 Å². The minimum absolute atomic E-state index is 0. The Hall–Kier alpha value is -1.15. The summed E-state index contributed by atoms with van der Waals surface area (Å²) >= 11 is 1.58. The molecule has 0 aromatic carbocycles. The number of rotatable bonds is 4. The molecule has 3 heterocycles. The van der Waals surface area contributed by atoms with Crippen LogP contribution in [0.4, 0.5) is 0 Å². The first-order chi connectivity index (χ1) is 10.1. The zero-order chi connectivity index (χ0) is 14.8. The Bertz CT molecular complexity index is 618. The van der Waals surface area contributed by atoms with E-state index in [9.17, 15) is 4.79 Å². The maximum absolute atomic E-state index is 12.7. The zero-order valence-electron chi connectivity index (χ0n) is 13.0. The molecule has 1 amide bonds. The van der Waals surface area contributed by atoms with E-state index >= 15 is 0 Å². The van der Waals surface area contributed by atoms with Gasteiger partial charge in [-0.15, -0.1) is 36.2 Å². The van der Waals surface area contributed by atoms with Crippen LogP contribution in [0.15, 0.2) is 24.0 Å². The monoisotopic (exact) mass is 377 g/mol. The van der Waals surface area contributed by atoms with Gasteiger partial charge in [-0.05, 0) is 5.56 Å². The molecule has 1 aliphatic rings. The maximum Gasteiger partial charge on any atom is 0.227 e. The third-order valence-corrected chi connectivity index (χ3v) is 4.68. The molecule has 1 aliphatic heterocycles. The predicted octanol–water partition coefficient (Wildman–Crippen LogP) is 1.68. The average molecular weight is 378 g/mol. The lowest BCUT2D eigenvalue weighted by molar-refractivity contribution is -0.134. The fraction of sp³-hybridized carbons (Fsp3) is 0.500. The number of thiazole rings is 1. The van der Waals surface area contributed by atoms with Gasteiger partial charge < -0.3 is 10.2 Å². The molecular weight excluding hydrogens is 357 g/mol. The Labute approximate surface area is 152 Å². The molecule has 0 saturated carbocycles. The van der Waals surface area contributed by atoms with Gasteiger partial charge in [-0.3, -0.25) is 9.48 Å². The van der Waals surface area contributed by atoms with Crippen LogP contribution in [0.1, 0.15) is 16.5 Å². The van der Waals surface area contributed by atoms with Crippen LogP contribution in [0.5, 0.6) is 0 Å². The summed E-state index contributed by atoms with van der Waals surface area (Å²) in [5, 5.41) is 10.4. The number of hydrogen-bond donors (Lipinski definition) is 1. The lowest BCUT2D eigenvalue weighted by Crippen LogP contribution is -2.35. The molecule has 3 rings (SSSR count). The van der Waals surface area contributed by atoms with Gasteiger partial charge in [0.25, 0.3) is 0 Å². The normalized spacial score (nSPS) is 19.7. The molecule has 128 valence electrons. The highest BCUT2D eigenvalue weighted by molar-refractivity contribution is 7.09. The summed E-state index contributed by atoms with van der Waals surface area (Å²) in [6.07, 6.45) is 5.63. The second-order valence-electron chi connectivity index (χ2n) is 5.44. The van der Waals surface area contributed by atoms with E-state index in [1.165, 1.54) is 0 Å². The molecule has 0 aliphatic carbocycles. The number of carbonyl (C=O) groups excluding carboxylic acids is 1. The Morgan fingerprint density at radius 3 is 2.87 bits per heavy atom. The van der Waals surface area contributed by atoms with Crippen molar-refractivity contribution in [3.8, 4) is 0 Å². The van der Waals surface area contributed by atoms with Gasteiger partial charge >= 0.3 is 0 Å². The van der Waals surface area contributed by atoms with E-state index < -0.39 is 0 Å². The van der Waals surface area contributed by atoms with Crippen LogP contribution in [-0.2, 0) is 18.4 Å². The number of amides is 1. The van der Waals surface area contributed by atoms with Crippen molar-refractivity contribution in [2.24, 2.45) is 13.0 Å². The number of aryl methyl sites for hydroxylation is 1. The quantitative estimate of drug-likeness (QED) is 0.880. The van der Waals surface area contributed by atoms with Gasteiger partial charge in [-0.2, -0.15) is 5.10 Å². The van der Waals surface area contributed by atoms with Crippen molar-refractivity contribution >= 4 is 42.1 Å². The molecule has 1 N–H and O–H groups in total. The molecule has 1 fully saturated rings. The third-order valence-electron chi connectivity index (χ3n) is 3.92. The molecule has 1 saturated heterocycles. The molecule has 0 spiro atoms. The highest BCUT2D eigenvalue weighted by Gasteiger charge is 2.36. The van der Waals surface area contributed by atoms with E-state index in [0.29, 0.717) is 6.54 Å². The Balaban J connectivity index is 0.00000132. The largest absolute Gasteiger partial charge is 0.339 e. The SMILES string of the molecule is CN(Cc1nccs1)C(=O)[C@H]1CNC[C@@H]1c1cnn(C)c1.Cl.Cl. The number of aromatic nitrogens is 3. The Morgan fingerprint density at radius 1 is 1.48 bits per heavy atom. The van der Waals surface area contributed by atoms with Crippen molar-refractivity contribution in [1.82, 2.24) is 25.0 Å². The van der Waals surface area contributed by atoms with Crippen LogP contribution in [0.2, 0.25) is 0 Å². The minimum Gasteiger partial charge on any atom is -0.339 e. The molecule has 0 bridgehead atoms. The molecule has 0 radical (unpaired) electrons. The summed E-state index contributed by atoms with van der Waals surface area (Å²) in [6, 6.07) is 0. The van der Waals surface area contributed by atoms with Crippen molar-refractivity contribution in [2.45, 2.75) is 12.5 Å². The molecule has 2 aromatic rings. The average Bonchev–Trinajstić information content (AvgIpc) is 3.17. The van der Waals surface area contributed by atoms with E-state index in [1.807, 2.05) is 31.9 Å². The van der Waals surface area contributed by atoms with Gasteiger partial charge in [-0.1, -0.05) is 0 Å². The summed E-state index contributed by atoms with van der Waals surface area (Å²) in [5.74, 6) is 0.341. The van der Waals surface area contributed by atoms with Crippen LogP contribution in [0.3, 0.4) is 0 Å². The van der Waals surface area contributed by atoms with E-state index in [1.54, 1.807) is 27.1 Å². The molecule has 6 nitrogen and oxygen atoms in total. The third kappa shape index (κ3) is 4.44. The van der Waals surface area contributed by atoms with Crippen LogP contribution >= 0.6 is 36.2 Å². The van der Waals surface area contributed by atoms with Crippen molar-refractivity contribution < 1.29 is 4.79 Å². The van der Waals surface area contributed by atoms with Gasteiger partial charge in [0.05, 0.1) is 18.7 Å². The highest BCUT2D eigenvalue weighted by atomic mass is 35.5. The maximum atomic E-state index is 12.7. The molecule has 0 unspecified atom stereocenters. The molecule has 23 heavy (non-hydrogen) atoms. The number of carbonyl (C=O) groups is 1. The van der Waals surface area contributed by atoms with Gasteiger partial charge in [0, 0.05) is 50.9 Å². The van der Waals surface area contributed by atoms with Crippen molar-refractivity contribution in [3.63, 3.8) is 0 Å². The predicted molar refractivity (Wildman–Crippen MR) is 95.4 cm³/mol. The van der Waals surface area contributed by atoms with Crippen LogP contribution in [-0.4, -0.2) is 45.7 Å². The molecule has 2 atom stereocenters. The van der Waals surface area contributed by atoms with Gasteiger partial charge in [0.1, 0.15) is 5.01 Å². The molecular formula is C14H21Cl2N5OS. The number of nitrogens with zero attached hydrogens (tertiary/aromatic N) is 4. The molecule has 9 heteroatoms. The van der Waals surface area contributed by atoms with Gasteiger partial charge in [-0.25, -0.2) is 4.98 Å². The second kappa shape index (κ2) is 8.63. The summed E-state index contributed by atoms with van der Waals surface area (Å²) in [5.41, 5.74) is 1.13. The highest BCUT2D eigenvalue weighted by Crippen LogP contribution is 2.29. The van der Waals surface area contributed by atoms with Crippen molar-refractivity contribution in [1.29, 1.82) is 0 Å². The fourth-order valence-electron chi connectivity index (χ4n) is 2.81. The zero-order valence-corrected chi connectivity index (χ0v) is 15.5. The summed E-state index contributed by atoms with van der Waals surface area (Å²) in [4.78, 5) is 18.7. The van der Waals surface area contributed by atoms with Crippen LogP contribution < -0.4 is 5.32 Å². The topological polar surface area (TPSA) is 63.1 Å². The van der Waals surface area contributed by atoms with Crippen LogP contribution in [0.25, 0.3) is 0 Å². The standard InChI is InChI=1S/C14H19N5OS.2ClH/c1-18(9-13-16-3-4-21-13)14(20)12-7-15-6-11(12)10-5-17-19(2)8-10;;/h3-5,8,11-12,15H,6-7,9H2,1-2H3;2*1H/t11-,12+;;/m1../s1. The second-order valence-corrected chi connectivity index (χ2v) is 6.42. The van der Waals surface area contributed by atoms with E-state index in [-0.39, 0.29) is 42.6 Å². The number of hydrogen-bond acceptors (Lipinski definition) is 5. The summed E-state index contributed by atoms with van der Waals surface area (Å²) < 4.78 is 1.79.